The van der Waals surface area contributed by atoms with E-state index in [9.17, 15) is 0 Å². The van der Waals surface area contributed by atoms with Crippen LogP contribution >= 0.6 is 0 Å². The molecule has 0 bridgehead atoms. The molecule has 2 rings (SSSR count). The highest BCUT2D eigenvalue weighted by molar-refractivity contribution is 5.08. The number of hydrogen-bond acceptors (Lipinski definition) is 4. The summed E-state index contributed by atoms with van der Waals surface area (Å²) in [4.78, 5) is 4.13. The largest absolute Gasteiger partial charge is 0.465 e. The van der Waals surface area contributed by atoms with Crippen molar-refractivity contribution in [1.29, 1.82) is 0 Å². The van der Waals surface area contributed by atoms with Gasteiger partial charge in [-0.1, -0.05) is 0 Å². The minimum Gasteiger partial charge on any atom is -0.465 e. The fraction of sp³-hybridized carbons (Fsp3) is 0.417. The van der Waals surface area contributed by atoms with E-state index in [1.54, 1.807) is 6.20 Å². The number of aromatic nitrogens is 1. The first kappa shape index (κ1) is 11.0. The van der Waals surface area contributed by atoms with E-state index in [1.807, 2.05) is 32.9 Å². The van der Waals surface area contributed by atoms with E-state index in [-0.39, 0.29) is 6.04 Å². The zero-order valence-electron chi connectivity index (χ0n) is 9.78. The molecule has 0 amide bonds. The molecule has 1 unspecified atom stereocenters. The average molecular weight is 220 g/mol. The number of hydrogen-bond donors (Lipinski definition) is 1. The lowest BCUT2D eigenvalue weighted by atomic mass is 10.2. The third-order valence-corrected chi connectivity index (χ3v) is 2.42. The molecule has 0 aliphatic rings. The van der Waals surface area contributed by atoms with E-state index in [0.717, 1.165) is 17.3 Å². The van der Waals surface area contributed by atoms with Crippen LogP contribution in [0.15, 0.2) is 27.2 Å². The Kier molecular flexibility index (Phi) is 3.10. The summed E-state index contributed by atoms with van der Waals surface area (Å²) < 4.78 is 10.9. The summed E-state index contributed by atoms with van der Waals surface area (Å²) in [6, 6.07) is 4.09. The molecule has 4 heteroatoms. The molecule has 0 aromatic carbocycles. The van der Waals surface area contributed by atoms with Crippen molar-refractivity contribution < 1.29 is 8.83 Å². The van der Waals surface area contributed by atoms with Crippen LogP contribution in [0.3, 0.4) is 0 Å². The molecule has 86 valence electrons. The van der Waals surface area contributed by atoms with Gasteiger partial charge in [0.2, 0.25) is 5.89 Å². The predicted molar refractivity (Wildman–Crippen MR) is 59.9 cm³/mol. The van der Waals surface area contributed by atoms with Crippen LogP contribution in [-0.2, 0) is 6.54 Å². The quantitative estimate of drug-likeness (QED) is 0.860. The van der Waals surface area contributed by atoms with Crippen molar-refractivity contribution in [3.63, 3.8) is 0 Å². The highest BCUT2D eigenvalue weighted by Gasteiger charge is 2.10. The summed E-state index contributed by atoms with van der Waals surface area (Å²) >= 11 is 0. The molecular weight excluding hydrogens is 204 g/mol. The van der Waals surface area contributed by atoms with Crippen LogP contribution in [0.25, 0.3) is 0 Å². The van der Waals surface area contributed by atoms with Gasteiger partial charge in [-0.05, 0) is 32.9 Å². The molecule has 0 radical (unpaired) electrons. The van der Waals surface area contributed by atoms with E-state index in [4.69, 9.17) is 8.83 Å². The van der Waals surface area contributed by atoms with Crippen molar-refractivity contribution >= 4 is 0 Å². The standard InChI is InChI=1S/C12H16N2O2/c1-8-4-5-11(15-8)10(3)13-7-12-14-6-9(2)16-12/h4-6,10,13H,7H2,1-3H3. The maximum Gasteiger partial charge on any atom is 0.208 e. The van der Waals surface area contributed by atoms with Crippen LogP contribution in [0, 0.1) is 13.8 Å². The molecule has 0 spiro atoms. The van der Waals surface area contributed by atoms with Crippen molar-refractivity contribution in [3.05, 3.63) is 41.5 Å². The third-order valence-electron chi connectivity index (χ3n) is 2.42. The molecule has 16 heavy (non-hydrogen) atoms. The van der Waals surface area contributed by atoms with Crippen molar-refractivity contribution in [2.45, 2.75) is 33.4 Å². The van der Waals surface area contributed by atoms with Gasteiger partial charge in [-0.3, -0.25) is 5.32 Å². The van der Waals surface area contributed by atoms with Gasteiger partial charge in [0.15, 0.2) is 0 Å². The maximum atomic E-state index is 5.53. The Hall–Kier alpha value is -1.55. The van der Waals surface area contributed by atoms with Gasteiger partial charge in [-0.25, -0.2) is 4.98 Å². The van der Waals surface area contributed by atoms with Crippen molar-refractivity contribution in [2.75, 3.05) is 0 Å². The topological polar surface area (TPSA) is 51.2 Å². The SMILES string of the molecule is Cc1ccc(C(C)NCc2ncc(C)o2)o1. The molecule has 0 saturated carbocycles. The molecule has 0 aliphatic carbocycles. The maximum absolute atomic E-state index is 5.53. The summed E-state index contributed by atoms with van der Waals surface area (Å²) in [6.45, 7) is 6.48. The molecular formula is C12H16N2O2. The van der Waals surface area contributed by atoms with Gasteiger partial charge in [0.1, 0.15) is 17.3 Å². The van der Waals surface area contributed by atoms with E-state index < -0.39 is 0 Å². The van der Waals surface area contributed by atoms with Crippen molar-refractivity contribution in [1.82, 2.24) is 10.3 Å². The van der Waals surface area contributed by atoms with Gasteiger partial charge in [0.25, 0.3) is 0 Å². The smallest absolute Gasteiger partial charge is 0.208 e. The lowest BCUT2D eigenvalue weighted by Gasteiger charge is -2.09. The summed E-state index contributed by atoms with van der Waals surface area (Å²) in [7, 11) is 0. The Balaban J connectivity index is 1.91. The minimum absolute atomic E-state index is 0.154. The first-order valence-corrected chi connectivity index (χ1v) is 5.36. The summed E-state index contributed by atoms with van der Waals surface area (Å²) in [6.07, 6.45) is 1.72. The van der Waals surface area contributed by atoms with Gasteiger partial charge in [-0.15, -0.1) is 0 Å². The zero-order chi connectivity index (χ0) is 11.5. The Morgan fingerprint density at radius 3 is 2.62 bits per heavy atom. The lowest BCUT2D eigenvalue weighted by molar-refractivity contribution is 0.388. The molecule has 0 fully saturated rings. The number of nitrogens with one attached hydrogen (secondary N) is 1. The molecule has 0 aliphatic heterocycles. The van der Waals surface area contributed by atoms with Crippen LogP contribution in [-0.4, -0.2) is 4.98 Å². The first-order chi connectivity index (χ1) is 7.65. The number of oxazole rings is 1. The van der Waals surface area contributed by atoms with Gasteiger partial charge in [-0.2, -0.15) is 0 Å². The molecule has 2 aromatic rings. The minimum atomic E-state index is 0.154. The van der Waals surface area contributed by atoms with Crippen LogP contribution in [0.2, 0.25) is 0 Å². The summed E-state index contributed by atoms with van der Waals surface area (Å²) in [5, 5.41) is 3.29. The Morgan fingerprint density at radius 2 is 2.06 bits per heavy atom. The average Bonchev–Trinajstić information content (AvgIpc) is 2.84. The number of furan rings is 1. The molecule has 2 aromatic heterocycles. The molecule has 2 heterocycles. The Labute approximate surface area is 94.7 Å². The fourth-order valence-corrected chi connectivity index (χ4v) is 1.51. The predicted octanol–water partition coefficient (Wildman–Crippen LogP) is 2.74. The molecule has 1 atom stereocenters. The molecule has 1 N–H and O–H groups in total. The second-order valence-corrected chi connectivity index (χ2v) is 3.92. The van der Waals surface area contributed by atoms with E-state index in [0.29, 0.717) is 12.4 Å². The second kappa shape index (κ2) is 4.53. The van der Waals surface area contributed by atoms with E-state index >= 15 is 0 Å². The monoisotopic (exact) mass is 220 g/mol. The number of nitrogens with zero attached hydrogens (tertiary/aromatic N) is 1. The van der Waals surface area contributed by atoms with Gasteiger partial charge < -0.3 is 8.83 Å². The van der Waals surface area contributed by atoms with Crippen molar-refractivity contribution in [3.8, 4) is 0 Å². The zero-order valence-corrected chi connectivity index (χ0v) is 9.78. The van der Waals surface area contributed by atoms with Crippen LogP contribution < -0.4 is 5.32 Å². The Bertz CT molecular complexity index is 459. The number of aryl methyl sites for hydroxylation is 2. The van der Waals surface area contributed by atoms with Crippen LogP contribution in [0.5, 0.6) is 0 Å². The van der Waals surface area contributed by atoms with Gasteiger partial charge in [0.05, 0.1) is 18.8 Å². The summed E-state index contributed by atoms with van der Waals surface area (Å²) in [5.41, 5.74) is 0. The lowest BCUT2D eigenvalue weighted by Crippen LogP contribution is -2.17. The highest BCUT2D eigenvalue weighted by atomic mass is 16.4. The molecule has 0 saturated heterocycles. The third kappa shape index (κ3) is 2.52. The van der Waals surface area contributed by atoms with E-state index in [2.05, 4.69) is 10.3 Å². The number of rotatable bonds is 4. The van der Waals surface area contributed by atoms with Crippen LogP contribution in [0.1, 0.15) is 36.1 Å². The van der Waals surface area contributed by atoms with E-state index in [1.165, 1.54) is 0 Å². The molecule has 4 nitrogen and oxygen atoms in total. The van der Waals surface area contributed by atoms with Crippen LogP contribution in [0.4, 0.5) is 0 Å². The fourth-order valence-electron chi connectivity index (χ4n) is 1.51. The second-order valence-electron chi connectivity index (χ2n) is 3.92. The highest BCUT2D eigenvalue weighted by Crippen LogP contribution is 2.16. The van der Waals surface area contributed by atoms with Gasteiger partial charge in [0, 0.05) is 0 Å². The van der Waals surface area contributed by atoms with Gasteiger partial charge >= 0.3 is 0 Å². The Morgan fingerprint density at radius 1 is 1.25 bits per heavy atom. The summed E-state index contributed by atoms with van der Waals surface area (Å²) in [5.74, 6) is 3.39. The normalized spacial score (nSPS) is 12.9. The van der Waals surface area contributed by atoms with Crippen molar-refractivity contribution in [2.24, 2.45) is 0 Å². The first-order valence-electron chi connectivity index (χ1n) is 5.36.